The molecule has 0 radical (unpaired) electrons. The maximum atomic E-state index is 14.9. The third kappa shape index (κ3) is 9.02. The normalized spacial score (nSPS) is 42.8. The molecule has 0 spiro atoms. The van der Waals surface area contributed by atoms with Crippen LogP contribution >= 0.6 is 0 Å². The van der Waals surface area contributed by atoms with Gasteiger partial charge in [0.1, 0.15) is 0 Å². The molecule has 9 saturated carbocycles. The molecule has 68 heavy (non-hydrogen) atoms. The molecule has 0 aromatic rings. The van der Waals surface area contributed by atoms with Crippen molar-refractivity contribution in [2.75, 3.05) is 0 Å². The predicted octanol–water partition coefficient (Wildman–Crippen LogP) is 10.1. The summed E-state index contributed by atoms with van der Waals surface area (Å²) in [6, 6.07) is 1.19. The van der Waals surface area contributed by atoms with E-state index >= 15 is 0 Å². The van der Waals surface area contributed by atoms with Crippen LogP contribution in [0.4, 0.5) is 0 Å². The van der Waals surface area contributed by atoms with Crippen molar-refractivity contribution in [3.05, 3.63) is 0 Å². The average Bonchev–Trinajstić information content (AvgIpc) is 3.90. The summed E-state index contributed by atoms with van der Waals surface area (Å²) in [6.07, 6.45) is 31.8. The van der Waals surface area contributed by atoms with Gasteiger partial charge < -0.3 is 0 Å². The Morgan fingerprint density at radius 2 is 0.485 bits per heavy atom. The van der Waals surface area contributed by atoms with Crippen molar-refractivity contribution in [2.45, 2.75) is 309 Å². The molecule has 11 rings (SSSR count). The fourth-order valence-corrected chi connectivity index (χ4v) is 29.5. The number of hydrogen-bond donors (Lipinski definition) is 0. The predicted molar refractivity (Wildman–Crippen MR) is 273 cm³/mol. The molecule has 9 aliphatic carbocycles. The third-order valence-electron chi connectivity index (χ3n) is 22.1. The topological polar surface area (TPSA) is 143 Å². The molecule has 12 unspecified atom stereocenters. The quantitative estimate of drug-likeness (QED) is 0.208. The van der Waals surface area contributed by atoms with Crippen molar-refractivity contribution in [3.63, 3.8) is 0 Å². The van der Waals surface area contributed by atoms with Crippen molar-refractivity contribution in [2.24, 2.45) is 23.7 Å². The Morgan fingerprint density at radius 1 is 0.235 bits per heavy atom. The summed E-state index contributed by atoms with van der Waals surface area (Å²) >= 11 is 0. The molecule has 11 fully saturated rings. The lowest BCUT2D eigenvalue weighted by Gasteiger charge is -2.49. The van der Waals surface area contributed by atoms with Crippen molar-refractivity contribution >= 4 is 39.3 Å². The Bertz CT molecular complexity index is 1950. The molecule has 0 aromatic heterocycles. The van der Waals surface area contributed by atoms with E-state index in [1.54, 1.807) is 0 Å². The van der Waals surface area contributed by atoms with Crippen molar-refractivity contribution in [3.8, 4) is 0 Å². The molecule has 388 valence electrons. The molecule has 0 bridgehead atoms. The van der Waals surface area contributed by atoms with E-state index in [0.29, 0.717) is 125 Å². The summed E-state index contributed by atoms with van der Waals surface area (Å²) < 4.78 is 119. The molecule has 2 aliphatic heterocycles. The van der Waals surface area contributed by atoms with Crippen LogP contribution in [0.15, 0.2) is 0 Å². The molecule has 0 N–H and O–H groups in total. The van der Waals surface area contributed by atoms with Gasteiger partial charge in [-0.3, -0.25) is 9.80 Å². The largest absolute Gasteiger partial charge is 0.294 e. The highest BCUT2D eigenvalue weighted by molar-refractivity contribution is 7.94. The number of nitrogens with zero attached hydrogens (tertiary/aromatic N) is 2. The molecule has 0 amide bonds. The minimum atomic E-state index is -3.51. The Labute approximate surface area is 413 Å². The van der Waals surface area contributed by atoms with Crippen LogP contribution in [-0.2, 0) is 39.3 Å². The minimum absolute atomic E-state index is 0.0536. The van der Waals surface area contributed by atoms with E-state index in [9.17, 15) is 33.7 Å². The van der Waals surface area contributed by atoms with Crippen molar-refractivity contribution in [1.82, 2.24) is 9.80 Å². The number of likely N-dealkylation sites (tertiary alicyclic amines) is 2. The van der Waals surface area contributed by atoms with Crippen LogP contribution in [0.2, 0.25) is 0 Å². The second-order valence-corrected chi connectivity index (χ2v) is 35.4. The van der Waals surface area contributed by atoms with E-state index in [4.69, 9.17) is 0 Å². The summed E-state index contributed by atoms with van der Waals surface area (Å²) in [7, 11) is -14.0. The van der Waals surface area contributed by atoms with Crippen LogP contribution in [0, 0.1) is 23.7 Å². The number of hydrogen-bond acceptors (Lipinski definition) is 10. The van der Waals surface area contributed by atoms with Gasteiger partial charge in [0.25, 0.3) is 0 Å². The summed E-state index contributed by atoms with van der Waals surface area (Å²) in [5.41, 5.74) is 0. The van der Waals surface area contributed by atoms with Gasteiger partial charge in [0.15, 0.2) is 39.3 Å². The van der Waals surface area contributed by atoms with Gasteiger partial charge in [0.05, 0.1) is 42.0 Å². The van der Waals surface area contributed by atoms with Gasteiger partial charge in [0, 0.05) is 36.3 Å². The highest BCUT2D eigenvalue weighted by Crippen LogP contribution is 2.62. The van der Waals surface area contributed by atoms with Crippen LogP contribution in [0.1, 0.15) is 231 Å². The highest BCUT2D eigenvalue weighted by Gasteiger charge is 2.65. The standard InChI is InChI=1S/C54H90N2O8S4/c57-65(58,39-17-5-1-6-18-39)43-31-37(32-44(35-43)66(59,60)40-19-7-2-8-20-40)55-49-27-15-13-25-47(49)53-51(55)29-30-52-54(53)48-26-14-16-28-50(48)56(52)38-33-45(67(61,62)41-21-9-3-10-22-41)36-46(34-38)68(63,64)42-23-11-4-12-24-42/h37-54H,1-36H2. The Hall–Kier alpha value is -0.280. The average molecular weight is 1020 g/mol. The first-order valence-electron chi connectivity index (χ1n) is 29.2. The first-order chi connectivity index (χ1) is 32.8. The molecule has 2 heterocycles. The van der Waals surface area contributed by atoms with E-state index in [2.05, 4.69) is 9.80 Å². The van der Waals surface area contributed by atoms with E-state index < -0.39 is 60.3 Å². The van der Waals surface area contributed by atoms with Gasteiger partial charge in [-0.1, -0.05) is 103 Å². The van der Waals surface area contributed by atoms with E-state index in [1.165, 1.54) is 38.5 Å². The zero-order valence-corrected chi connectivity index (χ0v) is 44.9. The monoisotopic (exact) mass is 1020 g/mol. The van der Waals surface area contributed by atoms with Gasteiger partial charge in [0.2, 0.25) is 0 Å². The lowest BCUT2D eigenvalue weighted by atomic mass is 9.61. The fourth-order valence-electron chi connectivity index (χ4n) is 19.2. The number of fused-ring (bicyclic) bond motifs is 7. The smallest absolute Gasteiger partial charge is 0.156 e. The van der Waals surface area contributed by atoms with Crippen LogP contribution in [0.3, 0.4) is 0 Å². The second kappa shape index (κ2) is 20.1. The zero-order chi connectivity index (χ0) is 47.0. The fraction of sp³-hybridized carbons (Fsp3) is 1.00. The summed E-state index contributed by atoms with van der Waals surface area (Å²) in [6.45, 7) is 0. The van der Waals surface area contributed by atoms with Gasteiger partial charge >= 0.3 is 0 Å². The van der Waals surface area contributed by atoms with Crippen LogP contribution < -0.4 is 0 Å². The van der Waals surface area contributed by atoms with Gasteiger partial charge in [-0.2, -0.15) is 0 Å². The van der Waals surface area contributed by atoms with Crippen LogP contribution in [0.25, 0.3) is 0 Å². The minimum Gasteiger partial charge on any atom is -0.294 e. The molecule has 14 heteroatoms. The Morgan fingerprint density at radius 3 is 0.765 bits per heavy atom. The summed E-state index contributed by atoms with van der Waals surface area (Å²) in [5, 5.41) is -3.77. The van der Waals surface area contributed by atoms with E-state index in [-0.39, 0.29) is 45.9 Å². The summed E-state index contributed by atoms with van der Waals surface area (Å²) in [5.74, 6) is 1.90. The van der Waals surface area contributed by atoms with E-state index in [1.807, 2.05) is 0 Å². The summed E-state index contributed by atoms with van der Waals surface area (Å²) in [4.78, 5) is 5.69. The van der Waals surface area contributed by atoms with Crippen molar-refractivity contribution < 1.29 is 33.7 Å². The van der Waals surface area contributed by atoms with Crippen LogP contribution in [-0.4, -0.2) is 122 Å². The third-order valence-corrected chi connectivity index (χ3v) is 33.0. The molecule has 10 nitrogen and oxygen atoms in total. The number of rotatable bonds is 10. The van der Waals surface area contributed by atoms with Crippen LogP contribution in [0.5, 0.6) is 0 Å². The molecule has 11 aliphatic rings. The van der Waals surface area contributed by atoms with Gasteiger partial charge in [-0.25, -0.2) is 33.7 Å². The lowest BCUT2D eigenvalue weighted by Crippen LogP contribution is -2.57. The molecule has 12 atom stereocenters. The maximum Gasteiger partial charge on any atom is 0.156 e. The molecular weight excluding hydrogens is 933 g/mol. The highest BCUT2D eigenvalue weighted by atomic mass is 32.2. The lowest BCUT2D eigenvalue weighted by molar-refractivity contribution is 0.0216. The maximum absolute atomic E-state index is 14.9. The molecule has 0 aromatic carbocycles. The van der Waals surface area contributed by atoms with Gasteiger partial charge in [-0.05, 0) is 152 Å². The van der Waals surface area contributed by atoms with E-state index in [0.717, 1.165) is 103 Å². The number of sulfone groups is 4. The zero-order valence-electron chi connectivity index (χ0n) is 41.6. The molecular formula is C54H90N2O8S4. The first-order valence-corrected chi connectivity index (χ1v) is 35.7. The molecule has 2 saturated heterocycles. The Kier molecular flexibility index (Phi) is 14.8. The SMILES string of the molecule is O=S(=O)(C1CCCCC1)C1CC(N2C3CCCCC3C3C4C5CCCCC5N(C5CC(S(=O)(=O)C6CCCCC6)CC(S(=O)(=O)C6CCCCC6)C5)C4CCC32)CC(S(=O)(=O)C2CCCCC2)C1. The van der Waals surface area contributed by atoms with Gasteiger partial charge in [-0.15, -0.1) is 0 Å². The first kappa shape index (κ1) is 49.9. The Balaban J connectivity index is 0.927. The van der Waals surface area contributed by atoms with Crippen molar-refractivity contribution in [1.29, 1.82) is 0 Å². The second-order valence-electron chi connectivity index (χ2n) is 25.4.